The molecule has 44 heavy (non-hydrogen) atoms. The van der Waals surface area contributed by atoms with Crippen molar-refractivity contribution in [1.82, 2.24) is 5.32 Å². The molecule has 0 bridgehead atoms. The predicted octanol–water partition coefficient (Wildman–Crippen LogP) is 3.11. The van der Waals surface area contributed by atoms with Crippen LogP contribution in [-0.2, 0) is 0 Å². The molecule has 13 N–H and O–H groups in total. The molecule has 228 valence electrons. The number of rotatable bonds is 14. The molecule has 0 spiro atoms. The first kappa shape index (κ1) is 32.9. The van der Waals surface area contributed by atoms with Crippen molar-refractivity contribution in [2.45, 2.75) is 0 Å². The van der Waals surface area contributed by atoms with Crippen LogP contribution in [0.1, 0.15) is 22.3 Å². The van der Waals surface area contributed by atoms with Gasteiger partial charge in [0.15, 0.2) is 17.9 Å². The minimum Gasteiger partial charge on any atom is -0.370 e. The van der Waals surface area contributed by atoms with Crippen LogP contribution in [0.2, 0.25) is 0 Å². The van der Waals surface area contributed by atoms with E-state index in [0.29, 0.717) is 19.6 Å². The van der Waals surface area contributed by atoms with E-state index in [0.717, 1.165) is 51.1 Å². The fraction of sp³-hybridized carbons (Fsp3) is 0.147. The summed E-state index contributed by atoms with van der Waals surface area (Å²) in [5.74, 6) is 0.173. The van der Waals surface area contributed by atoms with Crippen molar-refractivity contribution in [2.24, 2.45) is 49.4 Å². The monoisotopic (exact) mass is 590 g/mol. The molecule has 0 aliphatic heterocycles. The molecule has 0 aliphatic rings. The molecule has 0 heterocycles. The van der Waals surface area contributed by atoms with Crippen molar-refractivity contribution in [3.63, 3.8) is 0 Å². The zero-order chi connectivity index (χ0) is 31.7. The second-order valence-electron chi connectivity index (χ2n) is 9.82. The van der Waals surface area contributed by atoms with Gasteiger partial charge < -0.3 is 39.7 Å². The van der Waals surface area contributed by atoms with Crippen molar-refractivity contribution < 1.29 is 0 Å². The molecule has 0 fully saturated rings. The molecular formula is C34H42N10. The first-order valence-electron chi connectivity index (χ1n) is 14.1. The molecule has 0 saturated carbocycles. The van der Waals surface area contributed by atoms with Gasteiger partial charge in [-0.3, -0.25) is 0 Å². The van der Waals surface area contributed by atoms with Gasteiger partial charge in [0.05, 0.1) is 19.6 Å². The van der Waals surface area contributed by atoms with Gasteiger partial charge in [0.25, 0.3) is 0 Å². The summed E-state index contributed by atoms with van der Waals surface area (Å²) in [7, 11) is 1.92. The van der Waals surface area contributed by atoms with E-state index in [1.54, 1.807) is 0 Å². The summed E-state index contributed by atoms with van der Waals surface area (Å²) in [5, 5.41) is 3.14. The van der Waals surface area contributed by atoms with Gasteiger partial charge in [0.2, 0.25) is 0 Å². The van der Waals surface area contributed by atoms with Crippen LogP contribution in [0.3, 0.4) is 0 Å². The highest BCUT2D eigenvalue weighted by Crippen LogP contribution is 2.30. The molecule has 10 nitrogen and oxygen atoms in total. The Morgan fingerprint density at radius 3 is 1.23 bits per heavy atom. The van der Waals surface area contributed by atoms with E-state index in [-0.39, 0.29) is 17.9 Å². The lowest BCUT2D eigenvalue weighted by Gasteiger charge is -2.11. The first-order valence-corrected chi connectivity index (χ1v) is 14.1. The van der Waals surface area contributed by atoms with Gasteiger partial charge >= 0.3 is 0 Å². The van der Waals surface area contributed by atoms with Crippen molar-refractivity contribution in [2.75, 3.05) is 33.2 Å². The quantitative estimate of drug-likeness (QED) is 0.110. The van der Waals surface area contributed by atoms with Gasteiger partial charge in [-0.05, 0) is 94.0 Å². The summed E-state index contributed by atoms with van der Waals surface area (Å²) in [6.07, 6.45) is 16.0. The minimum atomic E-state index is 0.0533. The smallest absolute Gasteiger partial charge is 0.186 e. The maximum absolute atomic E-state index is 5.47. The Kier molecular flexibility index (Phi) is 13.0. The average Bonchev–Trinajstić information content (AvgIpc) is 2.99. The fourth-order valence-corrected chi connectivity index (χ4v) is 4.30. The number of likely N-dealkylation sites (N-methyl/N-ethyl adjacent to an activating group) is 1. The Morgan fingerprint density at radius 1 is 0.523 bits per heavy atom. The molecule has 10 heteroatoms. The second-order valence-corrected chi connectivity index (χ2v) is 9.82. The van der Waals surface area contributed by atoms with Crippen LogP contribution < -0.4 is 39.7 Å². The van der Waals surface area contributed by atoms with E-state index in [4.69, 9.17) is 34.4 Å². The number of hydrogen-bond acceptors (Lipinski definition) is 4. The number of nitrogens with two attached hydrogens (primary N) is 6. The number of nitrogens with one attached hydrogen (secondary N) is 1. The second kappa shape index (κ2) is 17.4. The SMILES string of the molecule is CNC/C=C/c1cc(/C=C/CN=C(N)N)cc(-c2cccc(-c3cc(/C=C/CN=C(N)N)cc(/C=C/CN=C(N)N)c3)c2)c1. The summed E-state index contributed by atoms with van der Waals surface area (Å²) < 4.78 is 0. The number of aliphatic imine (C=N–C) groups is 3. The van der Waals surface area contributed by atoms with Crippen molar-refractivity contribution >= 4 is 42.2 Å². The number of nitrogens with zero attached hydrogens (tertiary/aromatic N) is 3. The molecule has 0 atom stereocenters. The molecule has 0 amide bonds. The molecule has 3 aromatic carbocycles. The molecule has 0 unspecified atom stereocenters. The largest absolute Gasteiger partial charge is 0.370 e. The number of hydrogen-bond donors (Lipinski definition) is 7. The van der Waals surface area contributed by atoms with E-state index >= 15 is 0 Å². The summed E-state index contributed by atoms with van der Waals surface area (Å²) in [6, 6.07) is 21.3. The Balaban J connectivity index is 2.04. The van der Waals surface area contributed by atoms with Crippen LogP contribution in [0.25, 0.3) is 46.6 Å². The Morgan fingerprint density at radius 2 is 0.886 bits per heavy atom. The highest BCUT2D eigenvalue weighted by Gasteiger charge is 2.06. The molecule has 0 saturated heterocycles. The molecule has 0 radical (unpaired) electrons. The van der Waals surface area contributed by atoms with Gasteiger partial charge in [-0.15, -0.1) is 0 Å². The summed E-state index contributed by atoms with van der Waals surface area (Å²) in [6.45, 7) is 1.96. The van der Waals surface area contributed by atoms with Crippen molar-refractivity contribution in [1.29, 1.82) is 0 Å². The van der Waals surface area contributed by atoms with Crippen LogP contribution in [0.4, 0.5) is 0 Å². The van der Waals surface area contributed by atoms with Gasteiger partial charge in [0.1, 0.15) is 0 Å². The third-order valence-corrected chi connectivity index (χ3v) is 6.19. The van der Waals surface area contributed by atoms with Gasteiger partial charge in [0, 0.05) is 6.54 Å². The van der Waals surface area contributed by atoms with Gasteiger partial charge in [-0.1, -0.05) is 66.8 Å². The topological polar surface area (TPSA) is 205 Å². The number of benzene rings is 3. The molecule has 3 rings (SSSR count). The number of guanidine groups is 3. The Hall–Kier alpha value is -5.61. The van der Waals surface area contributed by atoms with E-state index < -0.39 is 0 Å². The van der Waals surface area contributed by atoms with Gasteiger partial charge in [-0.25, -0.2) is 15.0 Å². The highest BCUT2D eigenvalue weighted by molar-refractivity contribution is 5.79. The third kappa shape index (κ3) is 11.7. The maximum Gasteiger partial charge on any atom is 0.186 e. The molecule has 0 aliphatic carbocycles. The standard InChI is InChI=1S/C34H42N10/c1-41-13-3-7-24-17-25(8-4-14-42-32(35)36)20-30(19-24)28-11-2-12-29(23-28)31-21-26(9-5-15-43-33(37)38)18-27(22-31)10-6-16-44-34(39)40/h2-12,17-23,41H,13-16H2,1H3,(H4,35,36,42)(H4,37,38,43)(H4,39,40,44)/b7-3+,8-4+,9-5+,10-6+. The van der Waals surface area contributed by atoms with Crippen molar-refractivity contribution in [3.05, 3.63) is 107 Å². The summed E-state index contributed by atoms with van der Waals surface area (Å²) in [4.78, 5) is 12.1. The Bertz CT molecular complexity index is 1550. The molecule has 0 aromatic heterocycles. The third-order valence-electron chi connectivity index (χ3n) is 6.19. The van der Waals surface area contributed by atoms with E-state index in [2.05, 4.69) is 93.1 Å². The lowest BCUT2D eigenvalue weighted by atomic mass is 9.94. The van der Waals surface area contributed by atoms with Crippen LogP contribution in [0.15, 0.2) is 99.9 Å². The van der Waals surface area contributed by atoms with Crippen LogP contribution in [0, 0.1) is 0 Å². The van der Waals surface area contributed by atoms with Crippen LogP contribution in [0.5, 0.6) is 0 Å². The summed E-state index contributed by atoms with van der Waals surface area (Å²) >= 11 is 0. The van der Waals surface area contributed by atoms with Crippen molar-refractivity contribution in [3.8, 4) is 22.3 Å². The van der Waals surface area contributed by atoms with Crippen LogP contribution in [-0.4, -0.2) is 51.1 Å². The highest BCUT2D eigenvalue weighted by atomic mass is 15.0. The van der Waals surface area contributed by atoms with E-state index in [9.17, 15) is 0 Å². The first-order chi connectivity index (χ1) is 21.2. The lowest BCUT2D eigenvalue weighted by Crippen LogP contribution is -2.22. The maximum atomic E-state index is 5.47. The van der Waals surface area contributed by atoms with E-state index in [1.807, 2.05) is 43.5 Å². The zero-order valence-corrected chi connectivity index (χ0v) is 25.0. The molecular weight excluding hydrogens is 548 g/mol. The van der Waals surface area contributed by atoms with Gasteiger partial charge in [-0.2, -0.15) is 0 Å². The zero-order valence-electron chi connectivity index (χ0n) is 25.0. The normalized spacial score (nSPS) is 11.5. The lowest BCUT2D eigenvalue weighted by molar-refractivity contribution is 0.922. The minimum absolute atomic E-state index is 0.0533. The predicted molar refractivity (Wildman–Crippen MR) is 189 cm³/mol. The van der Waals surface area contributed by atoms with Crippen LogP contribution >= 0.6 is 0 Å². The Labute approximate surface area is 259 Å². The average molecular weight is 591 g/mol. The van der Waals surface area contributed by atoms with E-state index in [1.165, 1.54) is 0 Å². The molecule has 3 aromatic rings. The summed E-state index contributed by atoms with van der Waals surface area (Å²) in [5.41, 5.74) is 41.3. The fourth-order valence-electron chi connectivity index (χ4n) is 4.30.